The van der Waals surface area contributed by atoms with Crippen LogP contribution in [-0.4, -0.2) is 35.6 Å². The maximum Gasteiger partial charge on any atom is 0.242 e. The van der Waals surface area contributed by atoms with Crippen LogP contribution in [-0.2, 0) is 9.59 Å². The van der Waals surface area contributed by atoms with Gasteiger partial charge in [-0.15, -0.1) is 0 Å². The van der Waals surface area contributed by atoms with Crippen LogP contribution in [0, 0.1) is 11.8 Å². The summed E-state index contributed by atoms with van der Waals surface area (Å²) >= 11 is 0. The fraction of sp³-hybridized carbons (Fsp3) is 0.846. The lowest BCUT2D eigenvalue weighted by atomic mass is 10.0. The van der Waals surface area contributed by atoms with Gasteiger partial charge in [0.15, 0.2) is 0 Å². The molecule has 0 radical (unpaired) electrons. The third kappa shape index (κ3) is 7.27. The predicted molar refractivity (Wildman–Crippen MR) is 70.9 cm³/mol. The number of hydrogen-bond donors (Lipinski definition) is 3. The summed E-state index contributed by atoms with van der Waals surface area (Å²) in [6.45, 7) is 9.46. The van der Waals surface area contributed by atoms with Crippen LogP contribution in [0.3, 0.4) is 0 Å². The van der Waals surface area contributed by atoms with E-state index in [2.05, 4.69) is 10.6 Å². The van der Waals surface area contributed by atoms with Crippen LogP contribution >= 0.6 is 0 Å². The van der Waals surface area contributed by atoms with E-state index in [4.69, 9.17) is 5.11 Å². The number of aliphatic hydroxyl groups is 1. The zero-order valence-electron chi connectivity index (χ0n) is 12.0. The first-order chi connectivity index (χ1) is 8.23. The van der Waals surface area contributed by atoms with Crippen LogP contribution < -0.4 is 10.6 Å². The van der Waals surface area contributed by atoms with Gasteiger partial charge in [-0.05, 0) is 18.8 Å². The first kappa shape index (κ1) is 16.9. The molecule has 0 saturated carbocycles. The molecule has 3 N–H and O–H groups in total. The van der Waals surface area contributed by atoms with Crippen molar-refractivity contribution >= 4 is 11.8 Å². The molecule has 2 amide bonds. The van der Waals surface area contributed by atoms with Gasteiger partial charge in [-0.25, -0.2) is 0 Å². The van der Waals surface area contributed by atoms with Crippen LogP contribution in [0.25, 0.3) is 0 Å². The Labute approximate surface area is 109 Å². The molecule has 106 valence electrons. The van der Waals surface area contributed by atoms with Crippen molar-refractivity contribution in [3.8, 4) is 0 Å². The number of amides is 2. The average Bonchev–Trinajstić information content (AvgIpc) is 2.21. The third-order valence-electron chi connectivity index (χ3n) is 2.43. The summed E-state index contributed by atoms with van der Waals surface area (Å²) in [5.74, 6) is -0.0904. The summed E-state index contributed by atoms with van der Waals surface area (Å²) in [4.78, 5) is 23.5. The standard InChI is InChI=1S/C13H26N2O3/c1-8(2)6-11(17)15-12(9(3)4)13(18)14-7-10(5)16/h8-10,12,16H,6-7H2,1-5H3,(H,14,18)(H,15,17). The number of aliphatic hydroxyl groups excluding tert-OH is 1. The van der Waals surface area contributed by atoms with Crippen molar-refractivity contribution in [3.05, 3.63) is 0 Å². The predicted octanol–water partition coefficient (Wildman–Crippen LogP) is 0.670. The Balaban J connectivity index is 4.38. The molecule has 0 bridgehead atoms. The molecule has 0 saturated heterocycles. The Hall–Kier alpha value is -1.10. The van der Waals surface area contributed by atoms with E-state index in [1.807, 2.05) is 27.7 Å². The minimum absolute atomic E-state index is 0.00936. The summed E-state index contributed by atoms with van der Waals surface area (Å²) in [5, 5.41) is 14.5. The highest BCUT2D eigenvalue weighted by molar-refractivity contribution is 5.87. The van der Waals surface area contributed by atoms with E-state index in [1.54, 1.807) is 6.92 Å². The summed E-state index contributed by atoms with van der Waals surface area (Å²) in [7, 11) is 0. The molecular formula is C13H26N2O3. The number of rotatable bonds is 7. The van der Waals surface area contributed by atoms with Gasteiger partial charge in [-0.3, -0.25) is 9.59 Å². The Morgan fingerprint density at radius 2 is 1.67 bits per heavy atom. The molecular weight excluding hydrogens is 232 g/mol. The van der Waals surface area contributed by atoms with E-state index in [-0.39, 0.29) is 30.2 Å². The first-order valence-corrected chi connectivity index (χ1v) is 6.49. The smallest absolute Gasteiger partial charge is 0.242 e. The van der Waals surface area contributed by atoms with Crippen molar-refractivity contribution < 1.29 is 14.7 Å². The van der Waals surface area contributed by atoms with Gasteiger partial charge in [0.1, 0.15) is 6.04 Å². The molecule has 0 fully saturated rings. The highest BCUT2D eigenvalue weighted by Crippen LogP contribution is 2.05. The van der Waals surface area contributed by atoms with Crippen LogP contribution in [0.15, 0.2) is 0 Å². The first-order valence-electron chi connectivity index (χ1n) is 6.49. The summed E-state index contributed by atoms with van der Waals surface area (Å²) in [5.41, 5.74) is 0. The Bertz CT molecular complexity index is 275. The molecule has 0 aromatic heterocycles. The summed E-state index contributed by atoms with van der Waals surface area (Å²) in [6.07, 6.45) is -0.180. The number of carbonyl (C=O) groups is 2. The quantitative estimate of drug-likeness (QED) is 0.628. The normalized spacial score (nSPS) is 14.4. The molecule has 5 nitrogen and oxygen atoms in total. The van der Waals surface area contributed by atoms with Crippen molar-refractivity contribution in [2.75, 3.05) is 6.54 Å². The lowest BCUT2D eigenvalue weighted by Crippen LogP contribution is -2.50. The molecule has 0 aliphatic carbocycles. The minimum Gasteiger partial charge on any atom is -0.392 e. The molecule has 0 spiro atoms. The molecule has 0 aliphatic rings. The van der Waals surface area contributed by atoms with Gasteiger partial charge < -0.3 is 15.7 Å². The van der Waals surface area contributed by atoms with Gasteiger partial charge >= 0.3 is 0 Å². The van der Waals surface area contributed by atoms with E-state index < -0.39 is 12.1 Å². The van der Waals surface area contributed by atoms with Gasteiger partial charge in [0, 0.05) is 13.0 Å². The Morgan fingerprint density at radius 1 is 1.11 bits per heavy atom. The van der Waals surface area contributed by atoms with Crippen LogP contribution in [0.1, 0.15) is 41.0 Å². The summed E-state index contributed by atoms with van der Waals surface area (Å²) in [6, 6.07) is -0.546. The number of carbonyl (C=O) groups excluding carboxylic acids is 2. The van der Waals surface area contributed by atoms with Gasteiger partial charge in [0.2, 0.25) is 11.8 Å². The van der Waals surface area contributed by atoms with Crippen molar-refractivity contribution in [1.82, 2.24) is 10.6 Å². The zero-order chi connectivity index (χ0) is 14.3. The van der Waals surface area contributed by atoms with Crippen LogP contribution in [0.4, 0.5) is 0 Å². The second-order valence-corrected chi connectivity index (χ2v) is 5.48. The lowest BCUT2D eigenvalue weighted by molar-refractivity contribution is -0.130. The Kier molecular flexibility index (Phi) is 7.59. The lowest BCUT2D eigenvalue weighted by Gasteiger charge is -2.22. The fourth-order valence-corrected chi connectivity index (χ4v) is 1.50. The molecule has 2 atom stereocenters. The largest absolute Gasteiger partial charge is 0.392 e. The average molecular weight is 258 g/mol. The molecule has 5 heteroatoms. The van der Waals surface area contributed by atoms with Crippen molar-refractivity contribution in [2.24, 2.45) is 11.8 Å². The Morgan fingerprint density at radius 3 is 2.06 bits per heavy atom. The monoisotopic (exact) mass is 258 g/mol. The van der Waals surface area contributed by atoms with Gasteiger partial charge in [0.05, 0.1) is 6.10 Å². The molecule has 0 heterocycles. The van der Waals surface area contributed by atoms with E-state index in [0.29, 0.717) is 6.42 Å². The highest BCUT2D eigenvalue weighted by Gasteiger charge is 2.24. The van der Waals surface area contributed by atoms with Crippen LogP contribution in [0.5, 0.6) is 0 Å². The minimum atomic E-state index is -0.590. The molecule has 0 aromatic carbocycles. The van der Waals surface area contributed by atoms with Crippen molar-refractivity contribution in [2.45, 2.75) is 53.2 Å². The van der Waals surface area contributed by atoms with E-state index >= 15 is 0 Å². The highest BCUT2D eigenvalue weighted by atomic mass is 16.3. The SMILES string of the molecule is CC(C)CC(=O)NC(C(=O)NCC(C)O)C(C)C. The molecule has 18 heavy (non-hydrogen) atoms. The number of hydrogen-bond acceptors (Lipinski definition) is 3. The van der Waals surface area contributed by atoms with Crippen molar-refractivity contribution in [3.63, 3.8) is 0 Å². The fourth-order valence-electron chi connectivity index (χ4n) is 1.50. The van der Waals surface area contributed by atoms with Crippen molar-refractivity contribution in [1.29, 1.82) is 0 Å². The van der Waals surface area contributed by atoms with Gasteiger partial charge in [-0.2, -0.15) is 0 Å². The number of nitrogens with one attached hydrogen (secondary N) is 2. The van der Waals surface area contributed by atoms with E-state index in [1.165, 1.54) is 0 Å². The zero-order valence-corrected chi connectivity index (χ0v) is 12.0. The second kappa shape index (κ2) is 8.08. The second-order valence-electron chi connectivity index (χ2n) is 5.48. The topological polar surface area (TPSA) is 78.4 Å². The maximum absolute atomic E-state index is 11.9. The van der Waals surface area contributed by atoms with E-state index in [9.17, 15) is 9.59 Å². The van der Waals surface area contributed by atoms with Gasteiger partial charge in [-0.1, -0.05) is 27.7 Å². The molecule has 2 unspecified atom stereocenters. The maximum atomic E-state index is 11.9. The molecule has 0 aromatic rings. The van der Waals surface area contributed by atoms with E-state index in [0.717, 1.165) is 0 Å². The third-order valence-corrected chi connectivity index (χ3v) is 2.43. The molecule has 0 aliphatic heterocycles. The van der Waals surface area contributed by atoms with Crippen LogP contribution in [0.2, 0.25) is 0 Å². The molecule has 0 rings (SSSR count). The summed E-state index contributed by atoms with van der Waals surface area (Å²) < 4.78 is 0. The van der Waals surface area contributed by atoms with Gasteiger partial charge in [0.25, 0.3) is 0 Å².